The Morgan fingerprint density at radius 2 is 1.71 bits per heavy atom. The Bertz CT molecular complexity index is 2120. The number of phenolic OH excluding ortho intramolecular Hbond substituents is 1. The minimum Gasteiger partial charge on any atom is -0.508 e. The third-order valence-electron chi connectivity index (χ3n) is 10.3. The molecule has 2 bridgehead atoms. The van der Waals surface area contributed by atoms with Gasteiger partial charge >= 0.3 is 11.0 Å². The molecule has 7 atom stereocenters. The number of aromatic nitrogens is 1. The molecule has 3 amide bonds. The molecule has 3 aromatic carbocycles. The van der Waals surface area contributed by atoms with Crippen LogP contribution in [0.3, 0.4) is 0 Å². The van der Waals surface area contributed by atoms with Crippen molar-refractivity contribution in [2.45, 2.75) is 35.7 Å². The molecule has 0 radical (unpaired) electrons. The van der Waals surface area contributed by atoms with Crippen molar-refractivity contribution in [3.63, 3.8) is 0 Å². The number of carbonyl (C=O) groups excluding carboxylic acids is 3. The molecular weight excluding hydrogens is 708 g/mol. The molecule has 4 aliphatic rings. The maximum absolute atomic E-state index is 14.1. The number of hydrogen-bond donors (Lipinski definition) is 3. The highest BCUT2D eigenvalue weighted by atomic mass is 32.2. The van der Waals surface area contributed by atoms with Crippen molar-refractivity contribution in [1.82, 2.24) is 4.98 Å². The third kappa shape index (κ3) is 5.57. The maximum atomic E-state index is 14.1. The number of thiazole rings is 1. The molecule has 0 spiro atoms. The van der Waals surface area contributed by atoms with Crippen molar-refractivity contribution in [3.05, 3.63) is 92.4 Å². The summed E-state index contributed by atoms with van der Waals surface area (Å²) >= 11 is 2.55. The van der Waals surface area contributed by atoms with Crippen LogP contribution in [0.25, 0.3) is 0 Å². The molecule has 264 valence electrons. The maximum Gasteiger partial charge on any atom is 0.418 e. The number of rotatable bonds is 8. The van der Waals surface area contributed by atoms with Gasteiger partial charge in [-0.25, -0.2) is 4.90 Å². The Morgan fingerprint density at radius 1 is 0.980 bits per heavy atom. The average molecular weight is 738 g/mol. The number of anilines is 2. The van der Waals surface area contributed by atoms with E-state index in [0.717, 1.165) is 32.7 Å². The SMILES string of the molecule is CCOc1cc([C@H]2c3sc(=O)[nH]c3SC3C4CC(C5C(=O)N(c6ccccc6C(F)(F)F)C(=O)C45)C32)ccc1OCC(=O)Nc1ccc(O)cc1. The van der Waals surface area contributed by atoms with E-state index in [1.54, 1.807) is 31.2 Å². The predicted octanol–water partition coefficient (Wildman–Crippen LogP) is 6.25. The number of hydrogen-bond acceptors (Lipinski definition) is 9. The van der Waals surface area contributed by atoms with Gasteiger partial charge in [0.25, 0.3) is 5.91 Å². The summed E-state index contributed by atoms with van der Waals surface area (Å²) < 4.78 is 53.9. The largest absolute Gasteiger partial charge is 0.508 e. The summed E-state index contributed by atoms with van der Waals surface area (Å²) in [5, 5.41) is 12.7. The number of amides is 3. The minimum absolute atomic E-state index is 0.0647. The van der Waals surface area contributed by atoms with Gasteiger partial charge in [0.15, 0.2) is 18.1 Å². The fourth-order valence-electron chi connectivity index (χ4n) is 8.53. The highest BCUT2D eigenvalue weighted by Crippen LogP contribution is 2.69. The number of benzene rings is 3. The lowest BCUT2D eigenvalue weighted by molar-refractivity contribution is -0.137. The van der Waals surface area contributed by atoms with Crippen LogP contribution < -0.4 is 24.6 Å². The zero-order valence-electron chi connectivity index (χ0n) is 26.8. The summed E-state index contributed by atoms with van der Waals surface area (Å²) in [5.74, 6) is -3.63. The van der Waals surface area contributed by atoms with Gasteiger partial charge in [-0.2, -0.15) is 13.2 Å². The third-order valence-corrected chi connectivity index (χ3v) is 12.9. The molecule has 6 unspecified atom stereocenters. The number of aromatic amines is 1. The van der Waals surface area contributed by atoms with E-state index in [1.807, 2.05) is 6.07 Å². The van der Waals surface area contributed by atoms with E-state index >= 15 is 0 Å². The Balaban J connectivity index is 1.11. The number of H-pyrrole nitrogens is 1. The first kappa shape index (κ1) is 33.4. The quantitative estimate of drug-likeness (QED) is 0.143. The molecule has 1 aromatic heterocycles. The molecule has 51 heavy (non-hydrogen) atoms. The molecule has 15 heteroatoms. The number of alkyl halides is 3. The highest BCUT2D eigenvalue weighted by molar-refractivity contribution is 8.00. The molecular formula is C36H30F3N3O7S2. The monoisotopic (exact) mass is 737 g/mol. The fraction of sp³-hybridized carbons (Fsp3) is 0.333. The summed E-state index contributed by atoms with van der Waals surface area (Å²) in [4.78, 5) is 57.6. The van der Waals surface area contributed by atoms with Crippen LogP contribution in [0.15, 0.2) is 76.6 Å². The summed E-state index contributed by atoms with van der Waals surface area (Å²) in [6.45, 7) is 1.76. The number of nitrogens with zero attached hydrogens (tertiary/aromatic N) is 1. The number of thioether (sulfide) groups is 1. The smallest absolute Gasteiger partial charge is 0.418 e. The van der Waals surface area contributed by atoms with Crippen molar-refractivity contribution >= 4 is 52.2 Å². The second kappa shape index (κ2) is 12.5. The lowest BCUT2D eigenvalue weighted by Crippen LogP contribution is -2.42. The number of fused-ring (bicyclic) bond motifs is 9. The predicted molar refractivity (Wildman–Crippen MR) is 182 cm³/mol. The first-order valence-corrected chi connectivity index (χ1v) is 18.1. The highest BCUT2D eigenvalue weighted by Gasteiger charge is 2.70. The zero-order valence-corrected chi connectivity index (χ0v) is 28.4. The number of aromatic hydroxyl groups is 1. The van der Waals surface area contributed by atoms with Gasteiger partial charge in [0.2, 0.25) is 11.8 Å². The van der Waals surface area contributed by atoms with Gasteiger partial charge in [-0.3, -0.25) is 19.2 Å². The molecule has 3 fully saturated rings. The van der Waals surface area contributed by atoms with Crippen LogP contribution in [0.1, 0.15) is 35.3 Å². The van der Waals surface area contributed by atoms with Gasteiger partial charge in [0, 0.05) is 21.7 Å². The number of nitrogens with one attached hydrogen (secondary N) is 2. The van der Waals surface area contributed by atoms with E-state index < -0.39 is 47.0 Å². The first-order valence-electron chi connectivity index (χ1n) is 16.4. The van der Waals surface area contributed by atoms with Crippen LogP contribution >= 0.6 is 23.1 Å². The van der Waals surface area contributed by atoms with Crippen LogP contribution in [0.2, 0.25) is 0 Å². The molecule has 2 saturated carbocycles. The zero-order chi connectivity index (χ0) is 35.8. The van der Waals surface area contributed by atoms with Crippen LogP contribution in [0.4, 0.5) is 24.5 Å². The summed E-state index contributed by atoms with van der Waals surface area (Å²) in [7, 11) is 0. The van der Waals surface area contributed by atoms with Crippen LogP contribution in [0.5, 0.6) is 17.2 Å². The van der Waals surface area contributed by atoms with Crippen LogP contribution in [-0.2, 0) is 20.6 Å². The van der Waals surface area contributed by atoms with E-state index in [-0.39, 0.29) is 52.8 Å². The molecule has 8 rings (SSSR count). The van der Waals surface area contributed by atoms with Crippen LogP contribution in [-0.4, -0.2) is 46.3 Å². The number of imide groups is 1. The van der Waals surface area contributed by atoms with E-state index in [1.165, 1.54) is 42.1 Å². The second-order valence-corrected chi connectivity index (χ2v) is 15.2. The number of ether oxygens (including phenoxy) is 2. The molecule has 10 nitrogen and oxygen atoms in total. The number of carbonyl (C=O) groups is 3. The Labute approximate surface area is 297 Å². The normalized spacial score (nSPS) is 26.1. The lowest BCUT2D eigenvalue weighted by Gasteiger charge is -2.43. The van der Waals surface area contributed by atoms with Gasteiger partial charge in [-0.1, -0.05) is 29.5 Å². The van der Waals surface area contributed by atoms with E-state index in [4.69, 9.17) is 9.47 Å². The van der Waals surface area contributed by atoms with Gasteiger partial charge < -0.3 is 24.9 Å². The summed E-state index contributed by atoms with van der Waals surface area (Å²) in [6, 6.07) is 16.0. The molecule has 2 aliphatic carbocycles. The average Bonchev–Trinajstić information content (AvgIpc) is 3.83. The van der Waals surface area contributed by atoms with Crippen molar-refractivity contribution in [2.75, 3.05) is 23.4 Å². The topological polar surface area (TPSA) is 138 Å². The first-order chi connectivity index (χ1) is 24.4. The molecule has 1 saturated heterocycles. The van der Waals surface area contributed by atoms with Gasteiger partial charge in [-0.05, 0) is 85.2 Å². The molecule has 4 aromatic rings. The van der Waals surface area contributed by atoms with E-state index in [0.29, 0.717) is 28.6 Å². The van der Waals surface area contributed by atoms with Crippen molar-refractivity contribution < 1.29 is 42.1 Å². The summed E-state index contributed by atoms with van der Waals surface area (Å²) in [5.41, 5.74) is -0.215. The van der Waals surface area contributed by atoms with Crippen molar-refractivity contribution in [3.8, 4) is 17.2 Å². The van der Waals surface area contributed by atoms with Gasteiger partial charge in [0.05, 0.1) is 34.7 Å². The number of phenols is 1. The molecule has 3 heterocycles. The van der Waals surface area contributed by atoms with E-state index in [2.05, 4.69) is 10.3 Å². The van der Waals surface area contributed by atoms with E-state index in [9.17, 15) is 37.5 Å². The van der Waals surface area contributed by atoms with Gasteiger partial charge in [-0.15, -0.1) is 11.8 Å². The minimum atomic E-state index is -4.76. The van der Waals surface area contributed by atoms with Gasteiger partial charge in [0.1, 0.15) is 5.75 Å². The molecule has 3 N–H and O–H groups in total. The Kier molecular flexibility index (Phi) is 8.17. The summed E-state index contributed by atoms with van der Waals surface area (Å²) in [6.07, 6.45) is -4.19. The van der Waals surface area contributed by atoms with Crippen molar-refractivity contribution in [1.29, 1.82) is 0 Å². The molecule has 2 aliphatic heterocycles. The van der Waals surface area contributed by atoms with Crippen LogP contribution in [0, 0.1) is 29.6 Å². The van der Waals surface area contributed by atoms with Crippen molar-refractivity contribution in [2.24, 2.45) is 29.6 Å². The fourth-order valence-corrected chi connectivity index (χ4v) is 11.4. The number of para-hydroxylation sites is 1. The standard InChI is InChI=1S/C36H30F3N3O7S2/c1-2-48-24-13-16(7-12-23(24)49-15-25(44)40-17-8-10-18(43)11-9-17)26-27-19-14-20(30(27)50-32-31(26)51-35(47)41-32)29-28(19)33(45)42(34(29)46)22-6-4-3-5-21(22)36(37,38)39/h3-13,19-20,26-30,43H,2,14-15H2,1H3,(H,40,44)(H,41,47)/t19?,20?,26-,27?,28?,29?,30?/m1/s1. The second-order valence-electron chi connectivity index (χ2n) is 13.0. The lowest BCUT2D eigenvalue weighted by atomic mass is 9.68. The Morgan fingerprint density at radius 3 is 2.43 bits per heavy atom. The Hall–Kier alpha value is -4.76. The number of halogens is 3.